The highest BCUT2D eigenvalue weighted by molar-refractivity contribution is 5.91. The fourth-order valence-corrected chi connectivity index (χ4v) is 2.48. The molecule has 0 fully saturated rings. The second-order valence-corrected chi connectivity index (χ2v) is 5.57. The summed E-state index contributed by atoms with van der Waals surface area (Å²) < 4.78 is 5.16. The van der Waals surface area contributed by atoms with E-state index in [9.17, 15) is 4.79 Å². The van der Waals surface area contributed by atoms with Crippen LogP contribution in [0.5, 0.6) is 0 Å². The summed E-state index contributed by atoms with van der Waals surface area (Å²) in [6.07, 6.45) is 4.71. The molecule has 0 saturated heterocycles. The molecule has 1 heterocycles. The van der Waals surface area contributed by atoms with Crippen molar-refractivity contribution >= 4 is 12.0 Å². The summed E-state index contributed by atoms with van der Waals surface area (Å²) >= 11 is 0. The van der Waals surface area contributed by atoms with Crippen molar-refractivity contribution in [1.82, 2.24) is 5.32 Å². The summed E-state index contributed by atoms with van der Waals surface area (Å²) in [6.45, 7) is 1.97. The molecule has 0 bridgehead atoms. The Bertz CT molecular complexity index is 803. The van der Waals surface area contributed by atoms with Crippen molar-refractivity contribution in [2.45, 2.75) is 13.0 Å². The SMILES string of the molecule is C[C@@H](NC(=O)/C=C/c1ccco1)c1ccc(-c2ccccc2)cc1. The number of carbonyl (C=O) groups is 1. The monoisotopic (exact) mass is 317 g/mol. The van der Waals surface area contributed by atoms with Crippen molar-refractivity contribution in [3.8, 4) is 11.1 Å². The smallest absolute Gasteiger partial charge is 0.244 e. The lowest BCUT2D eigenvalue weighted by Crippen LogP contribution is -2.24. The molecule has 120 valence electrons. The predicted molar refractivity (Wildman–Crippen MR) is 96.2 cm³/mol. The van der Waals surface area contributed by atoms with Crippen LogP contribution in [0.1, 0.15) is 24.3 Å². The van der Waals surface area contributed by atoms with Gasteiger partial charge in [-0.15, -0.1) is 0 Å². The van der Waals surface area contributed by atoms with Gasteiger partial charge in [-0.25, -0.2) is 0 Å². The first-order valence-electron chi connectivity index (χ1n) is 7.90. The molecule has 0 saturated carbocycles. The Kier molecular flexibility index (Phi) is 4.92. The van der Waals surface area contributed by atoms with Crippen LogP contribution < -0.4 is 5.32 Å². The number of rotatable bonds is 5. The van der Waals surface area contributed by atoms with Crippen LogP contribution in [0.4, 0.5) is 0 Å². The fraction of sp³-hybridized carbons (Fsp3) is 0.0952. The number of benzene rings is 2. The van der Waals surface area contributed by atoms with E-state index in [-0.39, 0.29) is 11.9 Å². The molecule has 3 nitrogen and oxygen atoms in total. The number of nitrogens with one attached hydrogen (secondary N) is 1. The molecule has 3 aromatic rings. The van der Waals surface area contributed by atoms with Crippen LogP contribution in [-0.2, 0) is 4.79 Å². The van der Waals surface area contributed by atoms with Crippen molar-refractivity contribution in [2.24, 2.45) is 0 Å². The summed E-state index contributed by atoms with van der Waals surface area (Å²) in [5.41, 5.74) is 3.41. The van der Waals surface area contributed by atoms with E-state index in [0.717, 1.165) is 11.1 Å². The van der Waals surface area contributed by atoms with Gasteiger partial charge < -0.3 is 9.73 Å². The molecule has 0 aliphatic carbocycles. The minimum atomic E-state index is -0.147. The molecular formula is C21H19NO2. The van der Waals surface area contributed by atoms with Gasteiger partial charge in [-0.1, -0.05) is 54.6 Å². The third-order valence-electron chi connectivity index (χ3n) is 3.82. The molecule has 1 aromatic heterocycles. The lowest BCUT2D eigenvalue weighted by molar-refractivity contribution is -0.117. The van der Waals surface area contributed by atoms with E-state index < -0.39 is 0 Å². The summed E-state index contributed by atoms with van der Waals surface area (Å²) in [4.78, 5) is 12.0. The molecule has 3 heteroatoms. The first-order chi connectivity index (χ1) is 11.7. The average molecular weight is 317 g/mol. The highest BCUT2D eigenvalue weighted by atomic mass is 16.3. The Balaban J connectivity index is 1.62. The zero-order valence-corrected chi connectivity index (χ0v) is 13.5. The zero-order valence-electron chi connectivity index (χ0n) is 13.5. The Morgan fingerprint density at radius 1 is 0.958 bits per heavy atom. The molecule has 0 unspecified atom stereocenters. The van der Waals surface area contributed by atoms with Gasteiger partial charge in [0.25, 0.3) is 0 Å². The quantitative estimate of drug-likeness (QED) is 0.684. The van der Waals surface area contributed by atoms with Crippen molar-refractivity contribution in [2.75, 3.05) is 0 Å². The van der Waals surface area contributed by atoms with E-state index in [4.69, 9.17) is 4.42 Å². The first kappa shape index (κ1) is 15.8. The van der Waals surface area contributed by atoms with Crippen LogP contribution in [0.15, 0.2) is 83.5 Å². The molecule has 0 spiro atoms. The largest absolute Gasteiger partial charge is 0.465 e. The number of hydrogen-bond acceptors (Lipinski definition) is 2. The molecule has 2 aromatic carbocycles. The average Bonchev–Trinajstić information content (AvgIpc) is 3.14. The third kappa shape index (κ3) is 4.02. The van der Waals surface area contributed by atoms with Crippen molar-refractivity contribution in [1.29, 1.82) is 0 Å². The van der Waals surface area contributed by atoms with Crippen LogP contribution >= 0.6 is 0 Å². The maximum absolute atomic E-state index is 12.0. The van der Waals surface area contributed by atoms with Crippen LogP contribution in [0.25, 0.3) is 17.2 Å². The normalized spacial score (nSPS) is 12.2. The van der Waals surface area contributed by atoms with E-state index >= 15 is 0 Å². The minimum Gasteiger partial charge on any atom is -0.465 e. The first-order valence-corrected chi connectivity index (χ1v) is 7.90. The van der Waals surface area contributed by atoms with Crippen LogP contribution in [0.3, 0.4) is 0 Å². The molecule has 0 radical (unpaired) electrons. The van der Waals surface area contributed by atoms with Gasteiger partial charge in [0.1, 0.15) is 5.76 Å². The van der Waals surface area contributed by atoms with E-state index in [2.05, 4.69) is 29.6 Å². The summed E-state index contributed by atoms with van der Waals surface area (Å²) in [6, 6.07) is 22.0. The summed E-state index contributed by atoms with van der Waals surface area (Å²) in [5, 5.41) is 2.95. The number of hydrogen-bond donors (Lipinski definition) is 1. The zero-order chi connectivity index (χ0) is 16.8. The highest BCUT2D eigenvalue weighted by Crippen LogP contribution is 2.21. The molecule has 0 aliphatic rings. The predicted octanol–water partition coefficient (Wildman–Crippen LogP) is 4.84. The molecule has 0 aliphatic heterocycles. The van der Waals surface area contributed by atoms with Crippen LogP contribution in [-0.4, -0.2) is 5.91 Å². The van der Waals surface area contributed by atoms with Gasteiger partial charge in [-0.05, 0) is 41.8 Å². The molecule has 24 heavy (non-hydrogen) atoms. The lowest BCUT2D eigenvalue weighted by Gasteiger charge is -2.13. The van der Waals surface area contributed by atoms with Gasteiger partial charge in [0, 0.05) is 6.08 Å². The van der Waals surface area contributed by atoms with Crippen molar-refractivity contribution in [3.05, 3.63) is 90.4 Å². The van der Waals surface area contributed by atoms with E-state index in [1.807, 2.05) is 37.3 Å². The van der Waals surface area contributed by atoms with Gasteiger partial charge in [0.2, 0.25) is 5.91 Å². The maximum atomic E-state index is 12.0. The standard InChI is InChI=1S/C21H19NO2/c1-16(22-21(23)14-13-20-8-5-15-24-20)17-9-11-19(12-10-17)18-6-3-2-4-7-18/h2-16H,1H3,(H,22,23)/b14-13+/t16-/m1/s1. The molecule has 1 N–H and O–H groups in total. The topological polar surface area (TPSA) is 42.2 Å². The van der Waals surface area contributed by atoms with E-state index in [1.54, 1.807) is 24.5 Å². The fourth-order valence-electron chi connectivity index (χ4n) is 2.48. The molecular weight excluding hydrogens is 298 g/mol. The summed E-state index contributed by atoms with van der Waals surface area (Å²) in [5.74, 6) is 0.510. The van der Waals surface area contributed by atoms with Crippen LogP contribution in [0, 0.1) is 0 Å². The molecule has 1 amide bonds. The van der Waals surface area contributed by atoms with Gasteiger partial charge in [0.05, 0.1) is 12.3 Å². The van der Waals surface area contributed by atoms with Gasteiger partial charge in [0.15, 0.2) is 0 Å². The summed E-state index contributed by atoms with van der Waals surface area (Å²) in [7, 11) is 0. The van der Waals surface area contributed by atoms with Gasteiger partial charge in [-0.2, -0.15) is 0 Å². The Morgan fingerprint density at radius 3 is 2.33 bits per heavy atom. The molecule has 1 atom stereocenters. The minimum absolute atomic E-state index is 0.0661. The number of amides is 1. The molecule has 3 rings (SSSR count). The van der Waals surface area contributed by atoms with Gasteiger partial charge in [-0.3, -0.25) is 4.79 Å². The maximum Gasteiger partial charge on any atom is 0.244 e. The van der Waals surface area contributed by atoms with E-state index in [1.165, 1.54) is 11.6 Å². The second kappa shape index (κ2) is 7.47. The van der Waals surface area contributed by atoms with Crippen LogP contribution in [0.2, 0.25) is 0 Å². The van der Waals surface area contributed by atoms with E-state index in [0.29, 0.717) is 5.76 Å². The third-order valence-corrected chi connectivity index (χ3v) is 3.82. The highest BCUT2D eigenvalue weighted by Gasteiger charge is 2.08. The van der Waals surface area contributed by atoms with Gasteiger partial charge >= 0.3 is 0 Å². The van der Waals surface area contributed by atoms with Crippen molar-refractivity contribution < 1.29 is 9.21 Å². The lowest BCUT2D eigenvalue weighted by atomic mass is 10.0. The van der Waals surface area contributed by atoms with Crippen molar-refractivity contribution in [3.63, 3.8) is 0 Å². The Labute approximate surface area is 141 Å². The Hall–Kier alpha value is -3.07. The second-order valence-electron chi connectivity index (χ2n) is 5.57. The number of furan rings is 1. The number of carbonyl (C=O) groups excluding carboxylic acids is 1. The Morgan fingerprint density at radius 2 is 1.67 bits per heavy atom.